The standard InChI is InChI=1S/C12H21FO2/c1-10(2)12(14)15-11(3)8-6-4-5-7-9-13/h11H,1,4-9H2,2-3H3. The van der Waals surface area contributed by atoms with Gasteiger partial charge in [0.05, 0.1) is 12.8 Å². The molecule has 0 heterocycles. The van der Waals surface area contributed by atoms with E-state index < -0.39 is 0 Å². The fourth-order valence-electron chi connectivity index (χ4n) is 1.22. The van der Waals surface area contributed by atoms with Gasteiger partial charge < -0.3 is 4.74 Å². The smallest absolute Gasteiger partial charge is 0.333 e. The second kappa shape index (κ2) is 8.45. The van der Waals surface area contributed by atoms with Gasteiger partial charge >= 0.3 is 5.97 Å². The Morgan fingerprint density at radius 3 is 2.47 bits per heavy atom. The molecule has 1 atom stereocenters. The number of hydrogen-bond acceptors (Lipinski definition) is 2. The number of ether oxygens (including phenoxy) is 1. The molecule has 0 saturated heterocycles. The first-order chi connectivity index (χ1) is 7.07. The maximum absolute atomic E-state index is 11.8. The van der Waals surface area contributed by atoms with Gasteiger partial charge in [0, 0.05) is 5.57 Å². The second-order valence-corrected chi connectivity index (χ2v) is 3.89. The molecule has 3 heteroatoms. The molecule has 0 fully saturated rings. The number of rotatable bonds is 8. The van der Waals surface area contributed by atoms with Crippen LogP contribution in [0.5, 0.6) is 0 Å². The molecule has 0 N–H and O–H groups in total. The van der Waals surface area contributed by atoms with Crippen LogP contribution in [0.2, 0.25) is 0 Å². The third kappa shape index (κ3) is 8.16. The maximum Gasteiger partial charge on any atom is 0.333 e. The van der Waals surface area contributed by atoms with Gasteiger partial charge in [0.25, 0.3) is 0 Å². The monoisotopic (exact) mass is 216 g/mol. The predicted molar refractivity (Wildman–Crippen MR) is 59.4 cm³/mol. The van der Waals surface area contributed by atoms with Crippen molar-refractivity contribution in [3.63, 3.8) is 0 Å². The summed E-state index contributed by atoms with van der Waals surface area (Å²) in [5.41, 5.74) is 0.430. The highest BCUT2D eigenvalue weighted by Gasteiger charge is 2.09. The summed E-state index contributed by atoms with van der Waals surface area (Å²) in [5.74, 6) is -0.328. The van der Waals surface area contributed by atoms with Crippen LogP contribution in [0, 0.1) is 0 Å². The Morgan fingerprint density at radius 2 is 1.93 bits per heavy atom. The highest BCUT2D eigenvalue weighted by Crippen LogP contribution is 2.09. The maximum atomic E-state index is 11.8. The van der Waals surface area contributed by atoms with Crippen LogP contribution >= 0.6 is 0 Å². The lowest BCUT2D eigenvalue weighted by molar-refractivity contribution is -0.143. The van der Waals surface area contributed by atoms with Crippen molar-refractivity contribution in [2.45, 2.75) is 52.1 Å². The summed E-state index contributed by atoms with van der Waals surface area (Å²) in [6, 6.07) is 0. The van der Waals surface area contributed by atoms with Crippen LogP contribution in [0.15, 0.2) is 12.2 Å². The van der Waals surface area contributed by atoms with Gasteiger partial charge in [-0.15, -0.1) is 0 Å². The van der Waals surface area contributed by atoms with Crippen LogP contribution in [-0.2, 0) is 9.53 Å². The highest BCUT2D eigenvalue weighted by molar-refractivity contribution is 5.87. The summed E-state index contributed by atoms with van der Waals surface area (Å²) in [4.78, 5) is 11.1. The summed E-state index contributed by atoms with van der Waals surface area (Å²) in [5, 5.41) is 0. The summed E-state index contributed by atoms with van der Waals surface area (Å²) in [6.45, 7) is 6.78. The molecule has 88 valence electrons. The summed E-state index contributed by atoms with van der Waals surface area (Å²) < 4.78 is 16.9. The zero-order valence-electron chi connectivity index (χ0n) is 9.72. The molecule has 0 aliphatic rings. The molecule has 15 heavy (non-hydrogen) atoms. The van der Waals surface area contributed by atoms with Crippen LogP contribution in [0.25, 0.3) is 0 Å². The van der Waals surface area contributed by atoms with Gasteiger partial charge in [-0.3, -0.25) is 4.39 Å². The molecular weight excluding hydrogens is 195 g/mol. The minimum Gasteiger partial charge on any atom is -0.459 e. The van der Waals surface area contributed by atoms with E-state index in [0.717, 1.165) is 25.7 Å². The Balaban J connectivity index is 3.45. The lowest BCUT2D eigenvalue weighted by Gasteiger charge is -2.12. The van der Waals surface area contributed by atoms with E-state index in [-0.39, 0.29) is 18.7 Å². The first-order valence-electron chi connectivity index (χ1n) is 5.50. The number of alkyl halides is 1. The first-order valence-corrected chi connectivity index (χ1v) is 5.50. The van der Waals surface area contributed by atoms with Gasteiger partial charge in [-0.2, -0.15) is 0 Å². The third-order valence-electron chi connectivity index (χ3n) is 2.15. The molecule has 0 amide bonds. The molecular formula is C12H21FO2. The van der Waals surface area contributed by atoms with Crippen LogP contribution < -0.4 is 0 Å². The van der Waals surface area contributed by atoms with E-state index in [4.69, 9.17) is 4.74 Å². The fraction of sp³-hybridized carbons (Fsp3) is 0.750. The molecule has 0 radical (unpaired) electrons. The molecule has 1 unspecified atom stereocenters. The topological polar surface area (TPSA) is 26.3 Å². The predicted octanol–water partition coefficient (Wildman–Crippen LogP) is 3.41. The SMILES string of the molecule is C=C(C)C(=O)OC(C)CCCCCCF. The van der Waals surface area contributed by atoms with E-state index in [0.29, 0.717) is 12.0 Å². The Hall–Kier alpha value is -0.860. The van der Waals surface area contributed by atoms with Gasteiger partial charge in [-0.1, -0.05) is 19.4 Å². The van der Waals surface area contributed by atoms with E-state index >= 15 is 0 Å². The molecule has 0 saturated carbocycles. The molecule has 0 aromatic carbocycles. The Labute approximate surface area is 91.5 Å². The number of esters is 1. The van der Waals surface area contributed by atoms with Crippen molar-refractivity contribution >= 4 is 5.97 Å². The highest BCUT2D eigenvalue weighted by atomic mass is 19.1. The molecule has 0 aromatic heterocycles. The molecule has 0 aromatic rings. The molecule has 0 aliphatic heterocycles. The average Bonchev–Trinajstić information content (AvgIpc) is 2.17. The lowest BCUT2D eigenvalue weighted by atomic mass is 10.1. The number of carbonyl (C=O) groups is 1. The molecule has 0 aliphatic carbocycles. The van der Waals surface area contributed by atoms with Crippen molar-refractivity contribution in [3.05, 3.63) is 12.2 Å². The van der Waals surface area contributed by atoms with Crippen molar-refractivity contribution in [2.24, 2.45) is 0 Å². The van der Waals surface area contributed by atoms with Gasteiger partial charge in [0.15, 0.2) is 0 Å². The summed E-state index contributed by atoms with van der Waals surface area (Å²) in [7, 11) is 0. The lowest BCUT2D eigenvalue weighted by Crippen LogP contribution is -2.15. The van der Waals surface area contributed by atoms with Crippen LogP contribution in [-0.4, -0.2) is 18.7 Å². The third-order valence-corrected chi connectivity index (χ3v) is 2.15. The van der Waals surface area contributed by atoms with E-state index in [1.165, 1.54) is 0 Å². The molecule has 2 nitrogen and oxygen atoms in total. The Morgan fingerprint density at radius 1 is 1.33 bits per heavy atom. The van der Waals surface area contributed by atoms with Crippen LogP contribution in [0.3, 0.4) is 0 Å². The number of hydrogen-bond donors (Lipinski definition) is 0. The normalized spacial score (nSPS) is 12.2. The zero-order chi connectivity index (χ0) is 11.7. The summed E-state index contributed by atoms with van der Waals surface area (Å²) >= 11 is 0. The van der Waals surface area contributed by atoms with Gasteiger partial charge in [0.2, 0.25) is 0 Å². The van der Waals surface area contributed by atoms with Crippen molar-refractivity contribution in [1.82, 2.24) is 0 Å². The second-order valence-electron chi connectivity index (χ2n) is 3.89. The van der Waals surface area contributed by atoms with Crippen molar-refractivity contribution in [1.29, 1.82) is 0 Å². The first kappa shape index (κ1) is 14.1. The van der Waals surface area contributed by atoms with E-state index in [1.807, 2.05) is 6.92 Å². The van der Waals surface area contributed by atoms with Crippen molar-refractivity contribution in [3.8, 4) is 0 Å². The number of unbranched alkanes of at least 4 members (excludes halogenated alkanes) is 3. The summed E-state index contributed by atoms with van der Waals surface area (Å²) in [6.07, 6.45) is 4.30. The molecule has 0 spiro atoms. The Kier molecular flexibility index (Phi) is 7.96. The van der Waals surface area contributed by atoms with Crippen molar-refractivity contribution < 1.29 is 13.9 Å². The van der Waals surface area contributed by atoms with E-state index in [2.05, 4.69) is 6.58 Å². The minimum atomic E-state index is -0.328. The minimum absolute atomic E-state index is 0.0698. The van der Waals surface area contributed by atoms with E-state index in [9.17, 15) is 9.18 Å². The molecule has 0 rings (SSSR count). The average molecular weight is 216 g/mol. The zero-order valence-corrected chi connectivity index (χ0v) is 9.72. The van der Waals surface area contributed by atoms with E-state index in [1.54, 1.807) is 6.92 Å². The van der Waals surface area contributed by atoms with Gasteiger partial charge in [0.1, 0.15) is 0 Å². The van der Waals surface area contributed by atoms with Crippen molar-refractivity contribution in [2.75, 3.05) is 6.67 Å². The van der Waals surface area contributed by atoms with Gasteiger partial charge in [-0.25, -0.2) is 4.79 Å². The van der Waals surface area contributed by atoms with Gasteiger partial charge in [-0.05, 0) is 33.1 Å². The number of carbonyl (C=O) groups excluding carboxylic acids is 1. The number of halogens is 1. The van der Waals surface area contributed by atoms with Crippen LogP contribution in [0.4, 0.5) is 4.39 Å². The molecule has 0 bridgehead atoms. The van der Waals surface area contributed by atoms with Crippen LogP contribution in [0.1, 0.15) is 46.0 Å². The fourth-order valence-corrected chi connectivity index (χ4v) is 1.22. The quantitative estimate of drug-likeness (QED) is 0.353. The Bertz CT molecular complexity index is 202. The largest absolute Gasteiger partial charge is 0.459 e.